The first-order valence-electron chi connectivity index (χ1n) is 12.4. The zero-order chi connectivity index (χ0) is 24.2. The highest BCUT2D eigenvalue weighted by Crippen LogP contribution is 2.30. The molecule has 0 radical (unpaired) electrons. The van der Waals surface area contributed by atoms with Gasteiger partial charge >= 0.3 is 0 Å². The number of carbonyl (C=O) groups excluding carboxylic acids is 1. The molecule has 5 rings (SSSR count). The molecule has 0 aliphatic carbocycles. The highest BCUT2D eigenvalue weighted by Gasteiger charge is 2.19. The van der Waals surface area contributed by atoms with Crippen LogP contribution in [0.2, 0.25) is 0 Å². The molecule has 0 saturated carbocycles. The van der Waals surface area contributed by atoms with Crippen LogP contribution in [0.25, 0.3) is 10.4 Å². The molecule has 2 fully saturated rings. The number of carbonyl (C=O) groups is 1. The van der Waals surface area contributed by atoms with Crippen molar-refractivity contribution in [2.45, 2.75) is 44.9 Å². The molecule has 0 bridgehead atoms. The summed E-state index contributed by atoms with van der Waals surface area (Å²) in [5.41, 5.74) is 4.96. The number of rotatable bonds is 9. The number of amides is 1. The predicted octanol–water partition coefficient (Wildman–Crippen LogP) is 4.48. The van der Waals surface area contributed by atoms with Gasteiger partial charge in [0, 0.05) is 53.3 Å². The number of aryl methyl sites for hydroxylation is 1. The van der Waals surface area contributed by atoms with Crippen molar-refractivity contribution in [3.63, 3.8) is 0 Å². The lowest BCUT2D eigenvalue weighted by molar-refractivity contribution is 0.0939. The van der Waals surface area contributed by atoms with Crippen molar-refractivity contribution < 1.29 is 9.53 Å². The highest BCUT2D eigenvalue weighted by atomic mass is 32.1. The van der Waals surface area contributed by atoms with Crippen LogP contribution in [0.15, 0.2) is 54.6 Å². The fraction of sp³-hybridized carbons (Fsp3) is 0.393. The smallest absolute Gasteiger partial charge is 0.252 e. The Bertz CT molecular complexity index is 1170. The van der Waals surface area contributed by atoms with E-state index >= 15 is 0 Å². The van der Waals surface area contributed by atoms with E-state index in [1.807, 2.05) is 43.4 Å². The van der Waals surface area contributed by atoms with Gasteiger partial charge in [-0.1, -0.05) is 24.3 Å². The molecule has 35 heavy (non-hydrogen) atoms. The van der Waals surface area contributed by atoms with E-state index in [1.165, 1.54) is 15.3 Å². The standard InChI is InChI=1S/C28H34N4O2S/c1-18-6-7-22(32-24-14-29-15-24)13-26(18)28(33)31-19(2)20-4-3-5-21(12-20)27-9-8-25(35-27)16-30-23-10-11-34-17-23/h3-9,12-13,19,23-24,29-30,32H,10-11,14-17H2,1-2H3,(H,31,33)/t19?,23-/m0/s1. The molecule has 0 spiro atoms. The van der Waals surface area contributed by atoms with Crippen LogP contribution in [0.1, 0.15) is 45.7 Å². The first-order valence-corrected chi connectivity index (χ1v) is 13.3. The van der Waals surface area contributed by atoms with Crippen molar-refractivity contribution in [2.75, 3.05) is 31.6 Å². The monoisotopic (exact) mass is 490 g/mol. The topological polar surface area (TPSA) is 74.4 Å². The van der Waals surface area contributed by atoms with Crippen molar-refractivity contribution in [3.05, 3.63) is 76.2 Å². The maximum absolute atomic E-state index is 13.1. The van der Waals surface area contributed by atoms with Crippen LogP contribution in [0, 0.1) is 6.92 Å². The molecule has 184 valence electrons. The largest absolute Gasteiger partial charge is 0.380 e. The Morgan fingerprint density at radius 1 is 1.14 bits per heavy atom. The molecule has 3 heterocycles. The van der Waals surface area contributed by atoms with Crippen LogP contribution < -0.4 is 21.3 Å². The maximum atomic E-state index is 13.1. The third-order valence-electron chi connectivity index (χ3n) is 6.81. The van der Waals surface area contributed by atoms with Gasteiger partial charge in [-0.25, -0.2) is 0 Å². The van der Waals surface area contributed by atoms with Gasteiger partial charge in [0.15, 0.2) is 0 Å². The fourth-order valence-electron chi connectivity index (χ4n) is 4.47. The van der Waals surface area contributed by atoms with E-state index in [9.17, 15) is 4.79 Å². The Balaban J connectivity index is 1.23. The zero-order valence-electron chi connectivity index (χ0n) is 20.4. The van der Waals surface area contributed by atoms with Gasteiger partial charge in [0.2, 0.25) is 0 Å². The van der Waals surface area contributed by atoms with E-state index in [0.717, 1.165) is 56.1 Å². The van der Waals surface area contributed by atoms with Gasteiger partial charge in [-0.2, -0.15) is 0 Å². The number of anilines is 1. The molecule has 2 aromatic carbocycles. The van der Waals surface area contributed by atoms with Crippen molar-refractivity contribution in [1.82, 2.24) is 16.0 Å². The Labute approximate surface area is 211 Å². The number of ether oxygens (including phenoxy) is 1. The second kappa shape index (κ2) is 10.9. The van der Waals surface area contributed by atoms with Crippen molar-refractivity contribution in [2.24, 2.45) is 0 Å². The second-order valence-corrected chi connectivity index (χ2v) is 10.7. The minimum atomic E-state index is -0.0993. The third kappa shape index (κ3) is 5.93. The van der Waals surface area contributed by atoms with Crippen LogP contribution in [-0.4, -0.2) is 44.3 Å². The summed E-state index contributed by atoms with van der Waals surface area (Å²) >= 11 is 1.81. The summed E-state index contributed by atoms with van der Waals surface area (Å²) < 4.78 is 5.45. The van der Waals surface area contributed by atoms with E-state index < -0.39 is 0 Å². The average Bonchev–Trinajstić information content (AvgIpc) is 3.53. The number of thiophene rings is 1. The number of nitrogens with one attached hydrogen (secondary N) is 4. The van der Waals surface area contributed by atoms with Crippen molar-refractivity contribution in [1.29, 1.82) is 0 Å². The molecule has 2 aliphatic rings. The zero-order valence-corrected chi connectivity index (χ0v) is 21.2. The van der Waals surface area contributed by atoms with Gasteiger partial charge in [0.1, 0.15) is 0 Å². The predicted molar refractivity (Wildman–Crippen MR) is 143 cm³/mol. The Morgan fingerprint density at radius 3 is 2.80 bits per heavy atom. The Morgan fingerprint density at radius 2 is 2.03 bits per heavy atom. The lowest BCUT2D eigenvalue weighted by Crippen LogP contribution is -2.51. The Kier molecular flexibility index (Phi) is 7.48. The summed E-state index contributed by atoms with van der Waals surface area (Å²) in [6, 6.07) is 19.7. The SMILES string of the molecule is Cc1ccc(NC2CNC2)cc1C(=O)NC(C)c1cccc(-c2ccc(CN[C@H]3CCOC3)s2)c1. The lowest BCUT2D eigenvalue weighted by atomic mass is 10.0. The minimum Gasteiger partial charge on any atom is -0.380 e. The average molecular weight is 491 g/mol. The minimum absolute atomic E-state index is 0.0452. The summed E-state index contributed by atoms with van der Waals surface area (Å²) in [6.45, 7) is 8.48. The quantitative estimate of drug-likeness (QED) is 0.356. The second-order valence-electron chi connectivity index (χ2n) is 9.56. The molecule has 1 aromatic heterocycles. The molecule has 2 saturated heterocycles. The first-order chi connectivity index (χ1) is 17.0. The van der Waals surface area contributed by atoms with E-state index in [1.54, 1.807) is 0 Å². The van der Waals surface area contributed by atoms with Crippen LogP contribution in [0.5, 0.6) is 0 Å². The van der Waals surface area contributed by atoms with Gasteiger partial charge in [-0.15, -0.1) is 11.3 Å². The normalized spacial score (nSPS) is 18.7. The van der Waals surface area contributed by atoms with Gasteiger partial charge in [-0.05, 0) is 67.3 Å². The summed E-state index contributed by atoms with van der Waals surface area (Å²) in [6.07, 6.45) is 1.09. The van der Waals surface area contributed by atoms with Crippen LogP contribution >= 0.6 is 11.3 Å². The number of hydrogen-bond donors (Lipinski definition) is 4. The van der Waals surface area contributed by atoms with Crippen LogP contribution in [-0.2, 0) is 11.3 Å². The fourth-order valence-corrected chi connectivity index (χ4v) is 5.43. The third-order valence-corrected chi connectivity index (χ3v) is 7.94. The van der Waals surface area contributed by atoms with Crippen molar-refractivity contribution in [3.8, 4) is 10.4 Å². The van der Waals surface area contributed by atoms with E-state index in [0.29, 0.717) is 17.6 Å². The molecular formula is C28H34N4O2S. The molecule has 4 N–H and O–H groups in total. The highest BCUT2D eigenvalue weighted by molar-refractivity contribution is 7.15. The van der Waals surface area contributed by atoms with Gasteiger partial charge in [0.25, 0.3) is 5.91 Å². The molecule has 2 aliphatic heterocycles. The van der Waals surface area contributed by atoms with Crippen LogP contribution in [0.4, 0.5) is 5.69 Å². The van der Waals surface area contributed by atoms with Gasteiger partial charge in [0.05, 0.1) is 18.7 Å². The summed E-state index contributed by atoms with van der Waals surface area (Å²) in [5.74, 6) is -0.0452. The first kappa shape index (κ1) is 24.0. The number of hydrogen-bond acceptors (Lipinski definition) is 6. The maximum Gasteiger partial charge on any atom is 0.252 e. The summed E-state index contributed by atoms with van der Waals surface area (Å²) in [7, 11) is 0. The van der Waals surface area contributed by atoms with Gasteiger partial charge in [-0.3, -0.25) is 4.79 Å². The van der Waals surface area contributed by atoms with E-state index in [4.69, 9.17) is 4.74 Å². The molecule has 3 aromatic rings. The van der Waals surface area contributed by atoms with E-state index in [-0.39, 0.29) is 11.9 Å². The molecule has 1 amide bonds. The van der Waals surface area contributed by atoms with Gasteiger partial charge < -0.3 is 26.0 Å². The lowest BCUT2D eigenvalue weighted by Gasteiger charge is -2.29. The molecule has 7 heteroatoms. The Hall–Kier alpha value is -2.71. The molecule has 1 unspecified atom stereocenters. The molecular weight excluding hydrogens is 456 g/mol. The summed E-state index contributed by atoms with van der Waals surface area (Å²) in [5, 5.41) is 13.5. The van der Waals surface area contributed by atoms with Crippen LogP contribution in [0.3, 0.4) is 0 Å². The van der Waals surface area contributed by atoms with E-state index in [2.05, 4.69) is 57.7 Å². The van der Waals surface area contributed by atoms with Crippen molar-refractivity contribution >= 4 is 22.9 Å². The molecule has 6 nitrogen and oxygen atoms in total. The summed E-state index contributed by atoms with van der Waals surface area (Å²) in [4.78, 5) is 15.7. The number of benzene rings is 2. The molecule has 2 atom stereocenters.